The molecule has 7 heteroatoms. The van der Waals surface area contributed by atoms with Gasteiger partial charge in [0, 0.05) is 31.7 Å². The summed E-state index contributed by atoms with van der Waals surface area (Å²) >= 11 is 0. The average Bonchev–Trinajstić information content (AvgIpc) is 3.19. The van der Waals surface area contributed by atoms with Crippen LogP contribution in [0.2, 0.25) is 0 Å². The van der Waals surface area contributed by atoms with Crippen LogP contribution in [0.3, 0.4) is 0 Å². The van der Waals surface area contributed by atoms with Crippen LogP contribution in [-0.4, -0.2) is 55.9 Å². The van der Waals surface area contributed by atoms with E-state index < -0.39 is 0 Å². The van der Waals surface area contributed by atoms with Crippen molar-refractivity contribution in [2.75, 3.05) is 20.1 Å². The quantitative estimate of drug-likeness (QED) is 0.896. The number of hydrogen-bond donors (Lipinski definition) is 1. The second kappa shape index (κ2) is 5.49. The summed E-state index contributed by atoms with van der Waals surface area (Å²) < 4.78 is 7.36. The molecular weight excluding hydrogens is 282 g/mol. The van der Waals surface area contributed by atoms with Crippen LogP contribution in [0, 0.1) is 0 Å². The van der Waals surface area contributed by atoms with Crippen LogP contribution in [0.15, 0.2) is 23.0 Å². The van der Waals surface area contributed by atoms with E-state index in [1.165, 1.54) is 5.56 Å². The van der Waals surface area contributed by atoms with Crippen molar-refractivity contribution in [3.8, 4) is 0 Å². The Morgan fingerprint density at radius 1 is 1.36 bits per heavy atom. The lowest BCUT2D eigenvalue weighted by Crippen LogP contribution is -2.34. The number of rotatable bonds is 3. The molecule has 0 radical (unpaired) electrons. The highest BCUT2D eigenvalue weighted by atomic mass is 16.3. The van der Waals surface area contributed by atoms with Crippen molar-refractivity contribution in [1.82, 2.24) is 24.6 Å². The monoisotopic (exact) mass is 303 g/mol. The first-order valence-corrected chi connectivity index (χ1v) is 7.74. The van der Waals surface area contributed by atoms with Gasteiger partial charge < -0.3 is 14.1 Å². The van der Waals surface area contributed by atoms with Crippen molar-refractivity contribution < 1.29 is 9.52 Å². The number of aliphatic hydroxyl groups excluding tert-OH is 1. The molecule has 1 fully saturated rings. The maximum absolute atomic E-state index is 9.84. The minimum atomic E-state index is -0.260. The summed E-state index contributed by atoms with van der Waals surface area (Å²) in [6, 6.07) is 2.18. The zero-order chi connectivity index (χ0) is 15.1. The van der Waals surface area contributed by atoms with Crippen molar-refractivity contribution in [2.24, 2.45) is 0 Å². The highest BCUT2D eigenvalue weighted by molar-refractivity contribution is 5.09. The Morgan fingerprint density at radius 2 is 2.27 bits per heavy atom. The Hall–Kier alpha value is -1.70. The average molecular weight is 303 g/mol. The Labute approximate surface area is 129 Å². The number of nitrogens with zero attached hydrogens (tertiary/aromatic N) is 5. The maximum atomic E-state index is 9.84. The lowest BCUT2D eigenvalue weighted by atomic mass is 10.2. The normalized spacial score (nSPS) is 26.5. The molecule has 1 saturated heterocycles. The zero-order valence-electron chi connectivity index (χ0n) is 12.7. The molecule has 1 N–H and O–H groups in total. The molecule has 0 bridgehead atoms. The van der Waals surface area contributed by atoms with Gasteiger partial charge in [0.15, 0.2) is 5.82 Å². The summed E-state index contributed by atoms with van der Waals surface area (Å²) in [4.78, 5) is 4.52. The lowest BCUT2D eigenvalue weighted by Gasteiger charge is -2.28. The summed E-state index contributed by atoms with van der Waals surface area (Å²) in [6.07, 6.45) is 3.98. The largest absolute Gasteiger partial charge is 0.472 e. The summed E-state index contributed by atoms with van der Waals surface area (Å²) in [7, 11) is 2.04. The van der Waals surface area contributed by atoms with Gasteiger partial charge in [0.05, 0.1) is 31.2 Å². The van der Waals surface area contributed by atoms with E-state index in [9.17, 15) is 5.11 Å². The fourth-order valence-corrected chi connectivity index (χ4v) is 3.53. The lowest BCUT2D eigenvalue weighted by molar-refractivity contribution is 0.182. The zero-order valence-corrected chi connectivity index (χ0v) is 12.7. The number of hydrogen-bond acceptors (Lipinski definition) is 6. The molecule has 0 aromatic carbocycles. The summed E-state index contributed by atoms with van der Waals surface area (Å²) in [5.41, 5.74) is 1.19. The highest BCUT2D eigenvalue weighted by Gasteiger charge is 2.34. The van der Waals surface area contributed by atoms with Crippen molar-refractivity contribution >= 4 is 0 Å². The standard InChI is InChI=1S/C15H21N5O2/c1-18-8-12(21)6-13(18)15-17-16-14-9-19(3-4-20(14)15)7-11-2-5-22-10-11/h2,5,10,12-13,21H,3-4,6-9H2,1H3/t12-,13+/m1/s1. The maximum Gasteiger partial charge on any atom is 0.150 e. The second-order valence-corrected chi connectivity index (χ2v) is 6.31. The van der Waals surface area contributed by atoms with E-state index in [0.717, 1.165) is 44.2 Å². The molecule has 4 heterocycles. The predicted molar refractivity (Wildman–Crippen MR) is 78.8 cm³/mol. The number of β-amino-alcohol motifs (C(OH)–C–C–N with tert-alkyl or cyclic N) is 1. The molecule has 0 aliphatic carbocycles. The summed E-state index contributed by atoms with van der Waals surface area (Å²) in [5, 5.41) is 18.6. The minimum absolute atomic E-state index is 0.177. The molecule has 2 aromatic heterocycles. The van der Waals surface area contributed by atoms with Crippen LogP contribution in [0.1, 0.15) is 29.7 Å². The number of furan rings is 1. The second-order valence-electron chi connectivity index (χ2n) is 6.31. The number of fused-ring (bicyclic) bond motifs is 1. The minimum Gasteiger partial charge on any atom is -0.472 e. The topological polar surface area (TPSA) is 70.6 Å². The van der Waals surface area contributed by atoms with Gasteiger partial charge >= 0.3 is 0 Å². The van der Waals surface area contributed by atoms with Gasteiger partial charge in [-0.15, -0.1) is 10.2 Å². The SMILES string of the molecule is CN1C[C@H](O)C[C@H]1c1nnc2n1CCN(Cc1ccoc1)C2. The van der Waals surface area contributed by atoms with Crippen molar-refractivity contribution in [1.29, 1.82) is 0 Å². The number of likely N-dealkylation sites (N-methyl/N-ethyl adjacent to an activating group) is 1. The summed E-state index contributed by atoms with van der Waals surface area (Å²) in [5.74, 6) is 2.01. The van der Waals surface area contributed by atoms with Crippen LogP contribution >= 0.6 is 0 Å². The molecule has 0 unspecified atom stereocenters. The van der Waals surface area contributed by atoms with Gasteiger partial charge in [-0.1, -0.05) is 0 Å². The van der Waals surface area contributed by atoms with Crippen LogP contribution in [0.25, 0.3) is 0 Å². The molecule has 7 nitrogen and oxygen atoms in total. The third-order valence-electron chi connectivity index (χ3n) is 4.67. The number of aromatic nitrogens is 3. The van der Waals surface area contributed by atoms with E-state index >= 15 is 0 Å². The summed E-state index contributed by atoms with van der Waals surface area (Å²) in [6.45, 7) is 4.26. The van der Waals surface area contributed by atoms with E-state index in [1.807, 2.05) is 13.1 Å². The van der Waals surface area contributed by atoms with Crippen LogP contribution < -0.4 is 0 Å². The highest BCUT2D eigenvalue weighted by Crippen LogP contribution is 2.30. The first-order chi connectivity index (χ1) is 10.7. The molecule has 22 heavy (non-hydrogen) atoms. The van der Waals surface area contributed by atoms with Crippen molar-refractivity contribution in [3.63, 3.8) is 0 Å². The molecule has 2 atom stereocenters. The third kappa shape index (κ3) is 2.45. The van der Waals surface area contributed by atoms with Gasteiger partial charge in [-0.05, 0) is 19.5 Å². The molecule has 2 aliphatic heterocycles. The van der Waals surface area contributed by atoms with E-state index in [4.69, 9.17) is 4.42 Å². The fourth-order valence-electron chi connectivity index (χ4n) is 3.53. The molecule has 0 spiro atoms. The Kier molecular flexibility index (Phi) is 3.48. The predicted octanol–water partition coefficient (Wildman–Crippen LogP) is 0.624. The van der Waals surface area contributed by atoms with E-state index in [1.54, 1.807) is 12.5 Å². The number of likely N-dealkylation sites (tertiary alicyclic amines) is 1. The van der Waals surface area contributed by atoms with Gasteiger partial charge in [0.25, 0.3) is 0 Å². The van der Waals surface area contributed by atoms with Gasteiger partial charge in [-0.2, -0.15) is 0 Å². The third-order valence-corrected chi connectivity index (χ3v) is 4.67. The smallest absolute Gasteiger partial charge is 0.150 e. The van der Waals surface area contributed by atoms with E-state index in [-0.39, 0.29) is 12.1 Å². The fraction of sp³-hybridized carbons (Fsp3) is 0.600. The van der Waals surface area contributed by atoms with Crippen LogP contribution in [0.5, 0.6) is 0 Å². The van der Waals surface area contributed by atoms with Gasteiger partial charge in [0.2, 0.25) is 0 Å². The molecular formula is C15H21N5O2. The van der Waals surface area contributed by atoms with Gasteiger partial charge in [-0.3, -0.25) is 9.80 Å². The number of aliphatic hydroxyl groups is 1. The van der Waals surface area contributed by atoms with E-state index in [2.05, 4.69) is 24.6 Å². The molecule has 2 aromatic rings. The molecule has 2 aliphatic rings. The Morgan fingerprint density at radius 3 is 3.00 bits per heavy atom. The molecule has 4 rings (SSSR count). The first-order valence-electron chi connectivity index (χ1n) is 7.74. The van der Waals surface area contributed by atoms with Gasteiger partial charge in [0.1, 0.15) is 5.82 Å². The molecule has 0 saturated carbocycles. The molecule has 118 valence electrons. The Balaban J connectivity index is 1.50. The first kappa shape index (κ1) is 13.9. The van der Waals surface area contributed by atoms with Crippen LogP contribution in [0.4, 0.5) is 0 Å². The Bertz CT molecular complexity index is 638. The molecule has 0 amide bonds. The van der Waals surface area contributed by atoms with E-state index in [0.29, 0.717) is 6.54 Å². The van der Waals surface area contributed by atoms with Crippen LogP contribution in [-0.2, 0) is 19.6 Å². The van der Waals surface area contributed by atoms with Crippen molar-refractivity contribution in [2.45, 2.75) is 38.2 Å². The van der Waals surface area contributed by atoms with Crippen molar-refractivity contribution in [3.05, 3.63) is 35.8 Å². The van der Waals surface area contributed by atoms with Gasteiger partial charge in [-0.25, -0.2) is 0 Å².